The predicted octanol–water partition coefficient (Wildman–Crippen LogP) is 2.66. The van der Waals surface area contributed by atoms with Gasteiger partial charge in [-0.25, -0.2) is 0 Å². The Balaban J connectivity index is 2.43. The van der Waals surface area contributed by atoms with E-state index in [1.54, 1.807) is 0 Å². The largest absolute Gasteiger partial charge is 0.342 e. The van der Waals surface area contributed by atoms with Crippen LogP contribution in [0.25, 0.3) is 0 Å². The first kappa shape index (κ1) is 15.3. The summed E-state index contributed by atoms with van der Waals surface area (Å²) in [4.78, 5) is 12.3. The zero-order valence-electron chi connectivity index (χ0n) is 12.5. The van der Waals surface area contributed by atoms with Gasteiger partial charge in [0.1, 0.15) is 0 Å². The molecule has 0 aliphatic carbocycles. The maximum absolute atomic E-state index is 12.3. The number of benzene rings is 2. The first-order valence-corrected chi connectivity index (χ1v) is 7.21. The third kappa shape index (κ3) is 3.31. The maximum atomic E-state index is 12.3. The van der Waals surface area contributed by atoms with Gasteiger partial charge in [-0.1, -0.05) is 67.6 Å². The van der Waals surface area contributed by atoms with Gasteiger partial charge in [-0.05, 0) is 18.1 Å². The van der Waals surface area contributed by atoms with Gasteiger partial charge in [-0.2, -0.15) is 0 Å². The Bertz CT molecular complexity index is 541. The molecule has 21 heavy (non-hydrogen) atoms. The van der Waals surface area contributed by atoms with Crippen molar-refractivity contribution < 1.29 is 4.79 Å². The lowest BCUT2D eigenvalue weighted by molar-refractivity contribution is -0.125. The molecule has 3 heteroatoms. The summed E-state index contributed by atoms with van der Waals surface area (Å²) in [5.74, 6) is -0.246. The van der Waals surface area contributed by atoms with Gasteiger partial charge in [0.2, 0.25) is 5.91 Å². The normalized spacial score (nSPS) is 12.7. The molecule has 110 valence electrons. The summed E-state index contributed by atoms with van der Waals surface area (Å²) in [6.45, 7) is 4.20. The van der Waals surface area contributed by atoms with Crippen molar-refractivity contribution in [3.05, 3.63) is 71.8 Å². The second-order valence-electron chi connectivity index (χ2n) is 5.48. The molecule has 1 atom stereocenters. The minimum absolute atomic E-state index is 0.0345. The van der Waals surface area contributed by atoms with Crippen LogP contribution in [0.5, 0.6) is 0 Å². The second kappa shape index (κ2) is 6.55. The van der Waals surface area contributed by atoms with E-state index in [-0.39, 0.29) is 11.8 Å². The fourth-order valence-corrected chi connectivity index (χ4v) is 2.33. The van der Waals surface area contributed by atoms with Gasteiger partial charge in [0.25, 0.3) is 0 Å². The summed E-state index contributed by atoms with van der Waals surface area (Å²) in [7, 11) is 0. The van der Waals surface area contributed by atoms with E-state index in [1.165, 1.54) is 0 Å². The fourth-order valence-electron chi connectivity index (χ4n) is 2.33. The minimum atomic E-state index is -0.566. The highest BCUT2D eigenvalue weighted by molar-refractivity contribution is 5.80. The van der Waals surface area contributed by atoms with Gasteiger partial charge in [0.15, 0.2) is 0 Å². The lowest BCUT2D eigenvalue weighted by Gasteiger charge is -2.33. The molecule has 0 heterocycles. The molecule has 0 saturated heterocycles. The Morgan fingerprint density at radius 2 is 1.48 bits per heavy atom. The van der Waals surface area contributed by atoms with Crippen LogP contribution < -0.4 is 11.1 Å². The summed E-state index contributed by atoms with van der Waals surface area (Å²) in [5.41, 5.74) is 7.14. The van der Waals surface area contributed by atoms with Crippen molar-refractivity contribution in [2.24, 2.45) is 11.7 Å². The van der Waals surface area contributed by atoms with Crippen LogP contribution in [-0.4, -0.2) is 12.5 Å². The van der Waals surface area contributed by atoms with Gasteiger partial charge in [0, 0.05) is 12.5 Å². The number of nitrogens with one attached hydrogen (secondary N) is 1. The minimum Gasteiger partial charge on any atom is -0.342 e. The average molecular weight is 282 g/mol. The molecule has 0 aliphatic rings. The van der Waals surface area contributed by atoms with Gasteiger partial charge >= 0.3 is 0 Å². The highest BCUT2D eigenvalue weighted by Crippen LogP contribution is 2.29. The standard InChI is InChI=1S/C18H22N2O/c1-14(13-19)17(21)20-18(2,15-9-5-3-6-10-15)16-11-7-4-8-12-16/h3-12,14H,13,19H2,1-2H3,(H,20,21). The molecule has 1 amide bonds. The highest BCUT2D eigenvalue weighted by atomic mass is 16.2. The number of carbonyl (C=O) groups is 1. The SMILES string of the molecule is CC(CN)C(=O)NC(C)(c1ccccc1)c1ccccc1. The molecule has 2 aromatic carbocycles. The Morgan fingerprint density at radius 3 is 1.86 bits per heavy atom. The zero-order valence-corrected chi connectivity index (χ0v) is 12.5. The number of hydrogen-bond donors (Lipinski definition) is 2. The fraction of sp³-hybridized carbons (Fsp3) is 0.278. The van der Waals surface area contributed by atoms with Crippen LogP contribution in [0.1, 0.15) is 25.0 Å². The van der Waals surface area contributed by atoms with E-state index in [4.69, 9.17) is 5.73 Å². The predicted molar refractivity (Wildman–Crippen MR) is 85.7 cm³/mol. The first-order chi connectivity index (χ1) is 10.1. The second-order valence-corrected chi connectivity index (χ2v) is 5.48. The monoisotopic (exact) mass is 282 g/mol. The van der Waals surface area contributed by atoms with Gasteiger partial charge in [-0.3, -0.25) is 4.79 Å². The molecule has 3 N–H and O–H groups in total. The number of hydrogen-bond acceptors (Lipinski definition) is 2. The van der Waals surface area contributed by atoms with E-state index in [2.05, 4.69) is 5.32 Å². The average Bonchev–Trinajstić information content (AvgIpc) is 2.55. The van der Waals surface area contributed by atoms with Crippen molar-refractivity contribution in [1.82, 2.24) is 5.32 Å². The van der Waals surface area contributed by atoms with Crippen molar-refractivity contribution in [1.29, 1.82) is 0 Å². The van der Waals surface area contributed by atoms with Crippen LogP contribution in [0, 0.1) is 5.92 Å². The number of carbonyl (C=O) groups excluding carboxylic acids is 1. The van der Waals surface area contributed by atoms with Gasteiger partial charge < -0.3 is 11.1 Å². The third-order valence-electron chi connectivity index (χ3n) is 3.88. The molecule has 2 rings (SSSR count). The van der Waals surface area contributed by atoms with Crippen molar-refractivity contribution in [2.45, 2.75) is 19.4 Å². The summed E-state index contributed by atoms with van der Waals surface area (Å²) >= 11 is 0. The van der Waals surface area contributed by atoms with Crippen LogP contribution in [-0.2, 0) is 10.3 Å². The summed E-state index contributed by atoms with van der Waals surface area (Å²) in [5, 5.41) is 3.16. The van der Waals surface area contributed by atoms with Crippen molar-refractivity contribution in [3.8, 4) is 0 Å². The molecule has 0 fully saturated rings. The molecule has 0 aromatic heterocycles. The quantitative estimate of drug-likeness (QED) is 0.886. The lowest BCUT2D eigenvalue weighted by Crippen LogP contribution is -2.47. The molecule has 1 unspecified atom stereocenters. The molecular weight excluding hydrogens is 260 g/mol. The number of nitrogens with two attached hydrogens (primary N) is 1. The molecule has 0 bridgehead atoms. The van der Waals surface area contributed by atoms with Crippen molar-refractivity contribution >= 4 is 5.91 Å². The van der Waals surface area contributed by atoms with Crippen LogP contribution in [0.4, 0.5) is 0 Å². The third-order valence-corrected chi connectivity index (χ3v) is 3.88. The van der Waals surface area contributed by atoms with E-state index in [1.807, 2.05) is 74.5 Å². The summed E-state index contributed by atoms with van der Waals surface area (Å²) in [6.07, 6.45) is 0. The topological polar surface area (TPSA) is 55.1 Å². The molecule has 0 aliphatic heterocycles. The van der Waals surface area contributed by atoms with Crippen molar-refractivity contribution in [3.63, 3.8) is 0 Å². The van der Waals surface area contributed by atoms with Crippen LogP contribution in [0.15, 0.2) is 60.7 Å². The van der Waals surface area contributed by atoms with E-state index in [0.29, 0.717) is 6.54 Å². The van der Waals surface area contributed by atoms with Crippen LogP contribution in [0.2, 0.25) is 0 Å². The van der Waals surface area contributed by atoms with Crippen LogP contribution in [0.3, 0.4) is 0 Å². The highest BCUT2D eigenvalue weighted by Gasteiger charge is 2.31. The molecule has 3 nitrogen and oxygen atoms in total. The Kier molecular flexibility index (Phi) is 4.76. The number of amides is 1. The van der Waals surface area contributed by atoms with E-state index >= 15 is 0 Å². The van der Waals surface area contributed by atoms with E-state index in [0.717, 1.165) is 11.1 Å². The van der Waals surface area contributed by atoms with Gasteiger partial charge in [0.05, 0.1) is 5.54 Å². The molecule has 0 radical (unpaired) electrons. The molecule has 2 aromatic rings. The maximum Gasteiger partial charge on any atom is 0.225 e. The molecule has 0 saturated carbocycles. The molecular formula is C18H22N2O. The summed E-state index contributed by atoms with van der Waals surface area (Å²) < 4.78 is 0. The van der Waals surface area contributed by atoms with E-state index < -0.39 is 5.54 Å². The van der Waals surface area contributed by atoms with E-state index in [9.17, 15) is 4.79 Å². The lowest BCUT2D eigenvalue weighted by atomic mass is 9.84. The van der Waals surface area contributed by atoms with Gasteiger partial charge in [-0.15, -0.1) is 0 Å². The van der Waals surface area contributed by atoms with Crippen molar-refractivity contribution in [2.75, 3.05) is 6.54 Å². The Morgan fingerprint density at radius 1 is 1.05 bits per heavy atom. The van der Waals surface area contributed by atoms with Crippen LogP contribution >= 0.6 is 0 Å². The Hall–Kier alpha value is -2.13. The Labute approximate surface area is 126 Å². The summed E-state index contributed by atoms with van der Waals surface area (Å²) in [6, 6.07) is 20.0. The smallest absolute Gasteiger partial charge is 0.225 e. The number of rotatable bonds is 5. The molecule has 0 spiro atoms. The zero-order chi connectivity index (χ0) is 15.3. The first-order valence-electron chi connectivity index (χ1n) is 7.21.